The summed E-state index contributed by atoms with van der Waals surface area (Å²) in [5.74, 6) is -0.835. The molecular formula is C14H8F4N2O. The van der Waals surface area contributed by atoms with E-state index in [1.54, 1.807) is 6.07 Å². The molecular weight excluding hydrogens is 288 g/mol. The molecule has 0 atom stereocenters. The summed E-state index contributed by atoms with van der Waals surface area (Å²) in [5.41, 5.74) is -2.09. The minimum atomic E-state index is -4.72. The molecule has 0 N–H and O–H groups in total. The Morgan fingerprint density at radius 2 is 1.90 bits per heavy atom. The number of rotatable bonds is 2. The van der Waals surface area contributed by atoms with Crippen LogP contribution in [0.4, 0.5) is 17.6 Å². The van der Waals surface area contributed by atoms with Gasteiger partial charge in [0.25, 0.3) is 5.56 Å². The maximum absolute atomic E-state index is 13.7. The van der Waals surface area contributed by atoms with E-state index in [-0.39, 0.29) is 11.1 Å². The zero-order valence-corrected chi connectivity index (χ0v) is 10.5. The fourth-order valence-corrected chi connectivity index (χ4v) is 1.85. The maximum atomic E-state index is 13.7. The predicted molar refractivity (Wildman–Crippen MR) is 65.9 cm³/mol. The Balaban J connectivity index is 2.50. The number of nitriles is 1. The molecule has 0 aliphatic carbocycles. The maximum Gasteiger partial charge on any atom is 0.431 e. The first kappa shape index (κ1) is 14.8. The van der Waals surface area contributed by atoms with Crippen LogP contribution >= 0.6 is 0 Å². The van der Waals surface area contributed by atoms with Crippen LogP contribution < -0.4 is 5.56 Å². The average molecular weight is 296 g/mol. The summed E-state index contributed by atoms with van der Waals surface area (Å²) in [4.78, 5) is 11.6. The summed E-state index contributed by atoms with van der Waals surface area (Å²) in [7, 11) is 0. The summed E-state index contributed by atoms with van der Waals surface area (Å²) in [6.07, 6.45) is -4.72. The second kappa shape index (κ2) is 5.40. The number of nitrogens with zero attached hydrogens (tertiary/aromatic N) is 2. The second-order valence-corrected chi connectivity index (χ2v) is 4.25. The molecule has 0 saturated heterocycles. The topological polar surface area (TPSA) is 45.8 Å². The third kappa shape index (κ3) is 3.11. The van der Waals surface area contributed by atoms with Crippen molar-refractivity contribution in [3.63, 3.8) is 0 Å². The second-order valence-electron chi connectivity index (χ2n) is 4.25. The molecule has 0 aliphatic rings. The molecule has 0 unspecified atom stereocenters. The quantitative estimate of drug-likeness (QED) is 0.800. The van der Waals surface area contributed by atoms with E-state index in [4.69, 9.17) is 5.26 Å². The number of benzene rings is 1. The van der Waals surface area contributed by atoms with Gasteiger partial charge in [-0.2, -0.15) is 18.4 Å². The van der Waals surface area contributed by atoms with Crippen LogP contribution in [0.2, 0.25) is 0 Å². The molecule has 1 aromatic heterocycles. The fraction of sp³-hybridized carbons (Fsp3) is 0.143. The summed E-state index contributed by atoms with van der Waals surface area (Å²) in [5, 5.41) is 8.62. The first-order valence-electron chi connectivity index (χ1n) is 5.78. The van der Waals surface area contributed by atoms with Gasteiger partial charge in [-0.1, -0.05) is 12.1 Å². The van der Waals surface area contributed by atoms with E-state index in [1.165, 1.54) is 12.1 Å². The molecule has 1 heterocycles. The molecule has 7 heteroatoms. The lowest BCUT2D eigenvalue weighted by Gasteiger charge is -2.15. The van der Waals surface area contributed by atoms with Gasteiger partial charge in [-0.15, -0.1) is 0 Å². The largest absolute Gasteiger partial charge is 0.431 e. The Morgan fingerprint density at radius 1 is 1.19 bits per heavy atom. The van der Waals surface area contributed by atoms with Gasteiger partial charge in [-0.05, 0) is 18.2 Å². The summed E-state index contributed by atoms with van der Waals surface area (Å²) < 4.78 is 52.7. The van der Waals surface area contributed by atoms with E-state index < -0.39 is 29.8 Å². The average Bonchev–Trinajstić information content (AvgIpc) is 2.41. The van der Waals surface area contributed by atoms with Crippen molar-refractivity contribution in [2.24, 2.45) is 0 Å². The van der Waals surface area contributed by atoms with Crippen molar-refractivity contribution in [1.29, 1.82) is 5.26 Å². The van der Waals surface area contributed by atoms with E-state index in [0.29, 0.717) is 4.57 Å². The molecule has 0 aliphatic heterocycles. The van der Waals surface area contributed by atoms with Crippen molar-refractivity contribution >= 4 is 0 Å². The molecule has 0 bridgehead atoms. The zero-order chi connectivity index (χ0) is 15.6. The monoisotopic (exact) mass is 296 g/mol. The van der Waals surface area contributed by atoms with Crippen molar-refractivity contribution in [1.82, 2.24) is 4.57 Å². The van der Waals surface area contributed by atoms with Crippen molar-refractivity contribution in [2.75, 3.05) is 0 Å². The minimum absolute atomic E-state index is 0.0488. The van der Waals surface area contributed by atoms with Crippen molar-refractivity contribution in [3.05, 3.63) is 69.4 Å². The highest BCUT2D eigenvalue weighted by atomic mass is 19.4. The Labute approximate surface area is 116 Å². The smallest absolute Gasteiger partial charge is 0.300 e. The molecule has 2 rings (SSSR count). The first-order chi connectivity index (χ1) is 9.82. The van der Waals surface area contributed by atoms with Crippen molar-refractivity contribution < 1.29 is 17.6 Å². The molecule has 0 radical (unpaired) electrons. The van der Waals surface area contributed by atoms with Gasteiger partial charge in [0.15, 0.2) is 0 Å². The van der Waals surface area contributed by atoms with Crippen LogP contribution in [0.15, 0.2) is 41.2 Å². The molecule has 2 aromatic rings. The highest BCUT2D eigenvalue weighted by Crippen LogP contribution is 2.28. The van der Waals surface area contributed by atoms with Gasteiger partial charge in [0.05, 0.1) is 18.2 Å². The lowest BCUT2D eigenvalue weighted by Crippen LogP contribution is -2.27. The van der Waals surface area contributed by atoms with Gasteiger partial charge < -0.3 is 0 Å². The number of halogens is 4. The standard InChI is InChI=1S/C14H8F4N2O/c15-11-6-9(7-19)4-5-10(11)8-20-12(14(16,17)18)2-1-3-13(20)21/h1-6H,8H2. The number of hydrogen-bond donors (Lipinski definition) is 0. The van der Waals surface area contributed by atoms with E-state index >= 15 is 0 Å². The third-order valence-corrected chi connectivity index (χ3v) is 2.85. The Kier molecular flexibility index (Phi) is 3.80. The SMILES string of the molecule is N#Cc1ccc(Cn2c(C(F)(F)F)cccc2=O)c(F)c1. The molecule has 0 fully saturated rings. The third-order valence-electron chi connectivity index (χ3n) is 2.85. The lowest BCUT2D eigenvalue weighted by molar-refractivity contribution is -0.144. The number of alkyl halides is 3. The Morgan fingerprint density at radius 3 is 2.48 bits per heavy atom. The van der Waals surface area contributed by atoms with Gasteiger partial charge in [0.2, 0.25) is 0 Å². The van der Waals surface area contributed by atoms with E-state index in [2.05, 4.69) is 0 Å². The van der Waals surface area contributed by atoms with Gasteiger partial charge >= 0.3 is 6.18 Å². The first-order valence-corrected chi connectivity index (χ1v) is 5.78. The van der Waals surface area contributed by atoms with Crippen LogP contribution in [0.25, 0.3) is 0 Å². The highest BCUT2D eigenvalue weighted by Gasteiger charge is 2.34. The molecule has 108 valence electrons. The van der Waals surface area contributed by atoms with Crippen molar-refractivity contribution in [3.8, 4) is 6.07 Å². The number of aromatic nitrogens is 1. The molecule has 0 amide bonds. The Bertz CT molecular complexity index is 772. The van der Waals surface area contributed by atoms with Gasteiger partial charge in [0, 0.05) is 11.6 Å². The molecule has 1 aromatic carbocycles. The molecule has 0 spiro atoms. The summed E-state index contributed by atoms with van der Waals surface area (Å²) >= 11 is 0. The molecule has 3 nitrogen and oxygen atoms in total. The number of pyridine rings is 1. The van der Waals surface area contributed by atoms with E-state index in [9.17, 15) is 22.4 Å². The normalized spacial score (nSPS) is 11.2. The summed E-state index contributed by atoms with van der Waals surface area (Å²) in [6, 6.07) is 7.81. The molecule has 0 saturated carbocycles. The summed E-state index contributed by atoms with van der Waals surface area (Å²) in [6.45, 7) is -0.563. The predicted octanol–water partition coefficient (Wildman–Crippen LogP) is 2.93. The lowest BCUT2D eigenvalue weighted by atomic mass is 10.1. The van der Waals surface area contributed by atoms with Gasteiger partial charge in [0.1, 0.15) is 11.5 Å². The van der Waals surface area contributed by atoms with Crippen LogP contribution in [0, 0.1) is 17.1 Å². The minimum Gasteiger partial charge on any atom is -0.300 e. The van der Waals surface area contributed by atoms with E-state index in [0.717, 1.165) is 24.3 Å². The molecule has 21 heavy (non-hydrogen) atoms. The number of hydrogen-bond acceptors (Lipinski definition) is 2. The van der Waals surface area contributed by atoms with Gasteiger partial charge in [-0.25, -0.2) is 4.39 Å². The van der Waals surface area contributed by atoms with Crippen molar-refractivity contribution in [2.45, 2.75) is 12.7 Å². The van der Waals surface area contributed by atoms with Crippen LogP contribution in [0.3, 0.4) is 0 Å². The van der Waals surface area contributed by atoms with E-state index in [1.807, 2.05) is 0 Å². The van der Waals surface area contributed by atoms with Crippen LogP contribution in [0.1, 0.15) is 16.8 Å². The fourth-order valence-electron chi connectivity index (χ4n) is 1.85. The zero-order valence-electron chi connectivity index (χ0n) is 10.5. The Hall–Kier alpha value is -2.62. The van der Waals surface area contributed by atoms with Gasteiger partial charge in [-0.3, -0.25) is 9.36 Å². The highest BCUT2D eigenvalue weighted by molar-refractivity contribution is 5.33. The van der Waals surface area contributed by atoms with Crippen LogP contribution in [-0.2, 0) is 12.7 Å². The van der Waals surface area contributed by atoms with Crippen LogP contribution in [-0.4, -0.2) is 4.57 Å². The van der Waals surface area contributed by atoms with Crippen LogP contribution in [0.5, 0.6) is 0 Å².